The van der Waals surface area contributed by atoms with Gasteiger partial charge in [-0.25, -0.2) is 0 Å². The molecule has 0 bridgehead atoms. The van der Waals surface area contributed by atoms with Crippen molar-refractivity contribution in [1.29, 1.82) is 0 Å². The van der Waals surface area contributed by atoms with E-state index in [1.807, 2.05) is 20.8 Å². The van der Waals surface area contributed by atoms with E-state index in [-0.39, 0.29) is 24.4 Å². The third-order valence-electron chi connectivity index (χ3n) is 5.00. The molecule has 7 heteroatoms. The number of thiophene rings is 1. The number of amides is 3. The fourth-order valence-corrected chi connectivity index (χ4v) is 4.59. The maximum absolute atomic E-state index is 12.6. The van der Waals surface area contributed by atoms with Crippen molar-refractivity contribution in [1.82, 2.24) is 4.90 Å². The molecule has 1 fully saturated rings. The molecule has 0 unspecified atom stereocenters. The van der Waals surface area contributed by atoms with Gasteiger partial charge in [0, 0.05) is 17.3 Å². The highest BCUT2D eigenvalue weighted by Gasteiger charge is 2.27. The van der Waals surface area contributed by atoms with Crippen LogP contribution in [0.15, 0.2) is 0 Å². The van der Waals surface area contributed by atoms with Gasteiger partial charge in [0.15, 0.2) is 0 Å². The maximum atomic E-state index is 12.6. The Balaban J connectivity index is 2.13. The van der Waals surface area contributed by atoms with Crippen LogP contribution >= 0.6 is 11.3 Å². The first-order valence-electron chi connectivity index (χ1n) is 9.34. The normalized spacial score (nSPS) is 14.9. The Morgan fingerprint density at radius 1 is 1.19 bits per heavy atom. The Morgan fingerprint density at radius 2 is 1.85 bits per heavy atom. The molecule has 0 saturated heterocycles. The second kappa shape index (κ2) is 9.16. The molecule has 1 heterocycles. The number of primary amides is 1. The van der Waals surface area contributed by atoms with E-state index in [1.54, 1.807) is 4.90 Å². The van der Waals surface area contributed by atoms with Gasteiger partial charge in [-0.2, -0.15) is 0 Å². The highest BCUT2D eigenvalue weighted by molar-refractivity contribution is 7.16. The van der Waals surface area contributed by atoms with Crippen LogP contribution in [-0.4, -0.2) is 35.2 Å². The Morgan fingerprint density at radius 3 is 2.42 bits per heavy atom. The van der Waals surface area contributed by atoms with Gasteiger partial charge < -0.3 is 16.0 Å². The molecule has 0 aromatic carbocycles. The zero-order chi connectivity index (χ0) is 19.3. The molecule has 0 atom stereocenters. The van der Waals surface area contributed by atoms with Crippen LogP contribution in [0, 0.1) is 13.8 Å². The number of hydrogen-bond donors (Lipinski definition) is 2. The summed E-state index contributed by atoms with van der Waals surface area (Å²) in [7, 11) is 0. The van der Waals surface area contributed by atoms with Gasteiger partial charge in [0.05, 0.1) is 5.56 Å². The van der Waals surface area contributed by atoms with E-state index >= 15 is 0 Å². The first kappa shape index (κ1) is 20.4. The first-order chi connectivity index (χ1) is 12.3. The van der Waals surface area contributed by atoms with Crippen LogP contribution in [0.1, 0.15) is 72.7 Å². The van der Waals surface area contributed by atoms with Gasteiger partial charge in [-0.15, -0.1) is 11.3 Å². The molecule has 2 rings (SSSR count). The van der Waals surface area contributed by atoms with E-state index in [0.29, 0.717) is 17.0 Å². The van der Waals surface area contributed by atoms with Crippen molar-refractivity contribution < 1.29 is 14.4 Å². The molecule has 1 aliphatic rings. The fourth-order valence-electron chi connectivity index (χ4n) is 3.50. The van der Waals surface area contributed by atoms with E-state index in [9.17, 15) is 14.4 Å². The molecule has 1 aromatic heterocycles. The Hall–Kier alpha value is -1.89. The first-order valence-corrected chi connectivity index (χ1v) is 10.2. The zero-order valence-corrected chi connectivity index (χ0v) is 16.7. The van der Waals surface area contributed by atoms with Crippen LogP contribution in [0.25, 0.3) is 0 Å². The quantitative estimate of drug-likeness (QED) is 0.761. The van der Waals surface area contributed by atoms with Crippen LogP contribution in [0.5, 0.6) is 0 Å². The Kier molecular flexibility index (Phi) is 7.20. The summed E-state index contributed by atoms with van der Waals surface area (Å²) in [6, 6.07) is 0.135. The minimum absolute atomic E-state index is 0.0255. The SMILES string of the molecule is CCCC(=O)N(CC(=O)Nc1sc(C)c(C)c1C(N)=O)C1CCCCC1. The number of rotatable bonds is 7. The van der Waals surface area contributed by atoms with E-state index in [4.69, 9.17) is 5.73 Å². The second-order valence-corrected chi connectivity index (χ2v) is 8.19. The molecule has 3 amide bonds. The summed E-state index contributed by atoms with van der Waals surface area (Å²) in [5, 5.41) is 3.28. The lowest BCUT2D eigenvalue weighted by molar-refractivity contribution is -0.137. The minimum Gasteiger partial charge on any atom is -0.365 e. The van der Waals surface area contributed by atoms with Crippen LogP contribution in [0.3, 0.4) is 0 Å². The number of aryl methyl sites for hydroxylation is 1. The summed E-state index contributed by atoms with van der Waals surface area (Å²) in [6.07, 6.45) is 6.49. The predicted octanol–water partition coefficient (Wildman–Crippen LogP) is 3.36. The van der Waals surface area contributed by atoms with E-state index in [0.717, 1.165) is 42.5 Å². The minimum atomic E-state index is -0.548. The van der Waals surface area contributed by atoms with E-state index < -0.39 is 5.91 Å². The average molecular weight is 380 g/mol. The highest BCUT2D eigenvalue weighted by Crippen LogP contribution is 2.32. The molecule has 1 aromatic rings. The Labute approximate surface area is 159 Å². The lowest BCUT2D eigenvalue weighted by Gasteiger charge is -2.34. The third-order valence-corrected chi connectivity index (χ3v) is 6.12. The highest BCUT2D eigenvalue weighted by atomic mass is 32.1. The largest absolute Gasteiger partial charge is 0.365 e. The smallest absolute Gasteiger partial charge is 0.251 e. The van der Waals surface area contributed by atoms with Crippen LogP contribution < -0.4 is 11.1 Å². The van der Waals surface area contributed by atoms with E-state index in [2.05, 4.69) is 5.32 Å². The van der Waals surface area contributed by atoms with Crippen LogP contribution in [0.2, 0.25) is 0 Å². The molecular formula is C19H29N3O3S. The molecule has 0 radical (unpaired) electrons. The van der Waals surface area contributed by atoms with Crippen LogP contribution in [0.4, 0.5) is 5.00 Å². The lowest BCUT2D eigenvalue weighted by atomic mass is 9.94. The fraction of sp³-hybridized carbons (Fsp3) is 0.632. The summed E-state index contributed by atoms with van der Waals surface area (Å²) in [5.74, 6) is -0.791. The lowest BCUT2D eigenvalue weighted by Crippen LogP contribution is -2.45. The number of nitrogens with one attached hydrogen (secondary N) is 1. The molecule has 1 aliphatic carbocycles. The summed E-state index contributed by atoms with van der Waals surface area (Å²) >= 11 is 1.34. The Bertz CT molecular complexity index is 678. The number of nitrogens with two attached hydrogens (primary N) is 1. The zero-order valence-electron chi connectivity index (χ0n) is 15.9. The second-order valence-electron chi connectivity index (χ2n) is 6.96. The number of carbonyl (C=O) groups excluding carboxylic acids is 3. The monoisotopic (exact) mass is 379 g/mol. The van der Waals surface area contributed by atoms with Crippen molar-refractivity contribution >= 4 is 34.1 Å². The van der Waals surface area contributed by atoms with Crippen molar-refractivity contribution in [2.45, 2.75) is 71.8 Å². The standard InChI is InChI=1S/C19H29N3O3S/c1-4-8-16(24)22(14-9-6-5-7-10-14)11-15(23)21-19-17(18(20)25)12(2)13(3)26-19/h14H,4-11H2,1-3H3,(H2,20,25)(H,21,23). The summed E-state index contributed by atoms with van der Waals surface area (Å²) in [4.78, 5) is 39.5. The summed E-state index contributed by atoms with van der Waals surface area (Å²) in [5.41, 5.74) is 6.62. The van der Waals surface area contributed by atoms with Crippen LogP contribution in [-0.2, 0) is 9.59 Å². The maximum Gasteiger partial charge on any atom is 0.251 e. The number of hydrogen-bond acceptors (Lipinski definition) is 4. The topological polar surface area (TPSA) is 92.5 Å². The summed E-state index contributed by atoms with van der Waals surface area (Å²) in [6.45, 7) is 5.70. The molecule has 26 heavy (non-hydrogen) atoms. The molecule has 1 saturated carbocycles. The van der Waals surface area contributed by atoms with Gasteiger partial charge in [-0.3, -0.25) is 14.4 Å². The van der Waals surface area contributed by atoms with Gasteiger partial charge in [0.25, 0.3) is 5.91 Å². The van der Waals surface area contributed by atoms with Gasteiger partial charge in [-0.1, -0.05) is 26.2 Å². The number of carbonyl (C=O) groups is 3. The molecule has 144 valence electrons. The van der Waals surface area contributed by atoms with Gasteiger partial charge in [0.1, 0.15) is 11.5 Å². The van der Waals surface area contributed by atoms with Gasteiger partial charge >= 0.3 is 0 Å². The third kappa shape index (κ3) is 4.84. The molecule has 3 N–H and O–H groups in total. The average Bonchev–Trinajstić information content (AvgIpc) is 2.87. The van der Waals surface area contributed by atoms with Crippen molar-refractivity contribution in [3.05, 3.63) is 16.0 Å². The van der Waals surface area contributed by atoms with Gasteiger partial charge in [-0.05, 0) is 38.7 Å². The molecule has 0 aliphatic heterocycles. The summed E-state index contributed by atoms with van der Waals surface area (Å²) < 4.78 is 0. The molecule has 0 spiro atoms. The van der Waals surface area contributed by atoms with Crippen molar-refractivity contribution in [3.8, 4) is 0 Å². The van der Waals surface area contributed by atoms with E-state index in [1.165, 1.54) is 17.8 Å². The van der Waals surface area contributed by atoms with Crippen molar-refractivity contribution in [2.24, 2.45) is 5.73 Å². The molecular weight excluding hydrogens is 350 g/mol. The van der Waals surface area contributed by atoms with Crippen molar-refractivity contribution in [2.75, 3.05) is 11.9 Å². The molecule has 6 nitrogen and oxygen atoms in total. The van der Waals surface area contributed by atoms with Gasteiger partial charge in [0.2, 0.25) is 11.8 Å². The number of anilines is 1. The number of nitrogens with zero attached hydrogens (tertiary/aromatic N) is 1. The van der Waals surface area contributed by atoms with Crippen molar-refractivity contribution in [3.63, 3.8) is 0 Å². The predicted molar refractivity (Wildman–Crippen MR) is 104 cm³/mol.